The first-order valence-electron chi connectivity index (χ1n) is 27.3. The van der Waals surface area contributed by atoms with Crippen molar-refractivity contribution in [3.05, 3.63) is 92.8 Å². The topological polar surface area (TPSA) is 151 Å². The number of hydrogen-bond donors (Lipinski definition) is 4. The van der Waals surface area contributed by atoms with Crippen molar-refractivity contribution in [2.45, 2.75) is 137 Å². The van der Waals surface area contributed by atoms with Gasteiger partial charge in [-0.15, -0.1) is 11.3 Å². The molecule has 4 saturated heterocycles. The smallest absolute Gasteiger partial charge is 0.246 e. The molecule has 4 atom stereocenters. The number of carbonyl (C=O) groups excluding carboxylic acids is 3. The summed E-state index contributed by atoms with van der Waals surface area (Å²) >= 11 is 8.49. The Morgan fingerprint density at radius 2 is 1.57 bits per heavy atom. The number of amides is 3. The van der Waals surface area contributed by atoms with E-state index in [9.17, 15) is 23.9 Å². The fourth-order valence-electron chi connectivity index (χ4n) is 11.7. The Hall–Kier alpha value is -5.13. The summed E-state index contributed by atoms with van der Waals surface area (Å²) in [4.78, 5) is 60.9. The van der Waals surface area contributed by atoms with Gasteiger partial charge in [-0.05, 0) is 92.4 Å². The molecule has 4 aliphatic rings. The van der Waals surface area contributed by atoms with E-state index in [1.54, 1.807) is 11.3 Å². The molecular weight excluding hydrogens is 987 g/mol. The Morgan fingerprint density at radius 1 is 0.907 bits per heavy atom. The minimum absolute atomic E-state index is 0.0367. The maximum atomic E-state index is 14.7. The summed E-state index contributed by atoms with van der Waals surface area (Å²) in [6, 6.07) is 14.0. The van der Waals surface area contributed by atoms with E-state index in [0.29, 0.717) is 34.5 Å². The van der Waals surface area contributed by atoms with Crippen LogP contribution in [0.3, 0.4) is 0 Å². The van der Waals surface area contributed by atoms with Gasteiger partial charge in [-0.3, -0.25) is 19.3 Å². The number of β-amino-alcohol motifs (C(OH)–C–C–N with tert-alkyl or cyclic N) is 1. The number of aliphatic hydroxyl groups excluding tert-OH is 1. The quantitative estimate of drug-likeness (QED) is 0.0557. The number of carbonyl (C=O) groups is 3. The van der Waals surface area contributed by atoms with Crippen molar-refractivity contribution in [2.75, 3.05) is 75.2 Å². The van der Waals surface area contributed by atoms with Gasteiger partial charge in [-0.2, -0.15) is 0 Å². The number of nitrogens with zero attached hydrogens (tertiary/aromatic N) is 7. The van der Waals surface area contributed by atoms with Gasteiger partial charge in [-0.1, -0.05) is 101 Å². The van der Waals surface area contributed by atoms with Gasteiger partial charge in [0.05, 0.1) is 46.0 Å². The van der Waals surface area contributed by atoms with Crippen molar-refractivity contribution >= 4 is 63.3 Å². The predicted octanol–water partition coefficient (Wildman–Crippen LogP) is 8.95. The van der Waals surface area contributed by atoms with E-state index in [-0.39, 0.29) is 42.5 Å². The number of aromatic nitrogens is 3. The highest BCUT2D eigenvalue weighted by Gasteiger charge is 2.49. The standard InChI is InChI=1S/C58H78ClFN10O4S/c1-37-25-41(26-38(2)50(37)60)30-70-47-28-44(59)27-46(51(47)65-56(70)68-34-58(35-68)32-61-33-58)67-23-21-66(22-24-67)20-14-12-10-8-9-11-13-15-49(72)64-53(57(5,6)7)55(74)69-31-45(71)29-48(69)54(73)63-39(3)42-16-18-43(19-17-42)52-40(4)62-36-75-52/h16-19,25-28,36,39,45,48,53,61,71H,8-15,20-24,29-35H2,1-7H3,(H,63,73)(H,64,72). The Bertz CT molecular complexity index is 2800. The second-order valence-corrected chi connectivity index (χ2v) is 24.5. The maximum Gasteiger partial charge on any atom is 0.246 e. The molecule has 2 aromatic heterocycles. The molecule has 0 aliphatic carbocycles. The van der Waals surface area contributed by atoms with Crippen LogP contribution in [0.4, 0.5) is 16.0 Å². The van der Waals surface area contributed by atoms with Crippen LogP contribution in [-0.2, 0) is 20.9 Å². The van der Waals surface area contributed by atoms with Crippen molar-refractivity contribution in [3.63, 3.8) is 0 Å². The van der Waals surface area contributed by atoms with Crippen LogP contribution < -0.4 is 25.8 Å². The molecule has 5 aromatic rings. The molecule has 17 heteroatoms. The molecule has 3 amide bonds. The molecule has 3 aromatic carbocycles. The van der Waals surface area contributed by atoms with E-state index in [4.69, 9.17) is 16.6 Å². The number of likely N-dealkylation sites (tertiary alicyclic amines) is 1. The lowest BCUT2D eigenvalue weighted by Crippen LogP contribution is -2.71. The summed E-state index contributed by atoms with van der Waals surface area (Å²) in [6.45, 7) is 22.8. The number of unbranched alkanes of at least 4 members (excludes halogenated alkanes) is 6. The molecule has 75 heavy (non-hydrogen) atoms. The third-order valence-corrected chi connectivity index (χ3v) is 17.3. The maximum absolute atomic E-state index is 14.7. The van der Waals surface area contributed by atoms with E-state index < -0.39 is 23.6 Å². The Labute approximate surface area is 451 Å². The van der Waals surface area contributed by atoms with Gasteiger partial charge >= 0.3 is 0 Å². The number of rotatable bonds is 20. The number of halogens is 2. The number of aliphatic hydroxyl groups is 1. The summed E-state index contributed by atoms with van der Waals surface area (Å²) < 4.78 is 16.9. The summed E-state index contributed by atoms with van der Waals surface area (Å²) in [5, 5.41) is 20.9. The number of thiazole rings is 1. The average Bonchev–Trinajstić information content (AvgIpc) is 4.08. The molecule has 4 unspecified atom stereocenters. The van der Waals surface area contributed by atoms with Crippen LogP contribution in [0.1, 0.15) is 119 Å². The van der Waals surface area contributed by atoms with Gasteiger partial charge in [0.25, 0.3) is 0 Å². The molecule has 0 radical (unpaired) electrons. The van der Waals surface area contributed by atoms with Crippen molar-refractivity contribution in [1.29, 1.82) is 0 Å². The molecular formula is C58H78ClFN10O4S. The summed E-state index contributed by atoms with van der Waals surface area (Å²) in [5.74, 6) is -0.0373. The van der Waals surface area contributed by atoms with Gasteiger partial charge < -0.3 is 40.3 Å². The number of imidazole rings is 1. The van der Waals surface area contributed by atoms with Gasteiger partial charge in [0.2, 0.25) is 23.7 Å². The van der Waals surface area contributed by atoms with Crippen molar-refractivity contribution in [1.82, 2.24) is 40.3 Å². The SMILES string of the molecule is Cc1cc(Cn2c(N3CC4(CNC4)C3)nc3c(N4CCN(CCCCCCCCCC(=O)NC(C(=O)N5CC(O)CC5C(=O)NC(C)c5ccc(-c6scnc6C)cc5)C(C)(C)C)CC4)cc(Cl)cc32)cc(C)c1F. The van der Waals surface area contributed by atoms with E-state index in [1.165, 1.54) is 4.90 Å². The molecule has 0 bridgehead atoms. The largest absolute Gasteiger partial charge is 0.391 e. The first-order chi connectivity index (χ1) is 35.9. The summed E-state index contributed by atoms with van der Waals surface area (Å²) in [7, 11) is 0. The minimum atomic E-state index is -0.846. The van der Waals surface area contributed by atoms with Gasteiger partial charge in [0.1, 0.15) is 23.4 Å². The van der Waals surface area contributed by atoms with Crippen molar-refractivity contribution < 1.29 is 23.9 Å². The zero-order chi connectivity index (χ0) is 53.2. The first kappa shape index (κ1) is 54.7. The molecule has 4 fully saturated rings. The first-order valence-corrected chi connectivity index (χ1v) is 28.6. The Kier molecular flexibility index (Phi) is 16.9. The number of anilines is 2. The zero-order valence-corrected chi connectivity index (χ0v) is 46.7. The van der Waals surface area contributed by atoms with E-state index >= 15 is 0 Å². The second-order valence-electron chi connectivity index (χ2n) is 23.2. The molecule has 1 spiro atoms. The van der Waals surface area contributed by atoms with Gasteiger partial charge in [-0.25, -0.2) is 14.4 Å². The lowest BCUT2D eigenvalue weighted by Gasteiger charge is -2.56. The van der Waals surface area contributed by atoms with Gasteiger partial charge in [0.15, 0.2) is 0 Å². The fraction of sp³-hybridized carbons (Fsp3) is 0.569. The molecule has 6 heterocycles. The third-order valence-electron chi connectivity index (χ3n) is 16.1. The van der Waals surface area contributed by atoms with Crippen molar-refractivity contribution in [3.8, 4) is 10.4 Å². The van der Waals surface area contributed by atoms with Crippen molar-refractivity contribution in [2.24, 2.45) is 10.8 Å². The predicted molar refractivity (Wildman–Crippen MR) is 299 cm³/mol. The van der Waals surface area contributed by atoms with E-state index in [2.05, 4.69) is 46.3 Å². The molecule has 4 aliphatic heterocycles. The normalized spacial score (nSPS) is 19.6. The van der Waals surface area contributed by atoms with E-state index in [0.717, 1.165) is 154 Å². The Balaban J connectivity index is 0.691. The summed E-state index contributed by atoms with van der Waals surface area (Å²) in [5.41, 5.74) is 9.94. The van der Waals surface area contributed by atoms with Crippen LogP contribution in [0.15, 0.2) is 54.0 Å². The van der Waals surface area contributed by atoms with Gasteiger partial charge in [0, 0.05) is 82.2 Å². The summed E-state index contributed by atoms with van der Waals surface area (Å²) in [6.07, 6.45) is 6.93. The Morgan fingerprint density at radius 3 is 2.20 bits per heavy atom. The highest BCUT2D eigenvalue weighted by atomic mass is 35.5. The van der Waals surface area contributed by atoms with Crippen LogP contribution in [0.25, 0.3) is 21.5 Å². The highest BCUT2D eigenvalue weighted by Crippen LogP contribution is 2.41. The molecule has 9 rings (SSSR count). The van der Waals surface area contributed by atoms with Crippen LogP contribution in [0.2, 0.25) is 5.02 Å². The minimum Gasteiger partial charge on any atom is -0.391 e. The highest BCUT2D eigenvalue weighted by molar-refractivity contribution is 7.13. The lowest BCUT2D eigenvalue weighted by atomic mass is 9.75. The number of nitrogens with one attached hydrogen (secondary N) is 3. The molecule has 0 saturated carbocycles. The van der Waals surface area contributed by atoms with E-state index in [1.807, 2.05) is 96.4 Å². The van der Waals surface area contributed by atoms with Crippen LogP contribution in [0, 0.1) is 37.4 Å². The molecule has 14 nitrogen and oxygen atoms in total. The number of aryl methyl sites for hydroxylation is 3. The number of benzene rings is 3. The average molecular weight is 1070 g/mol. The molecule has 4 N–H and O–H groups in total. The number of piperazine rings is 1. The third kappa shape index (κ3) is 12.5. The fourth-order valence-corrected chi connectivity index (χ4v) is 12.7. The van der Waals surface area contributed by atoms with Crippen LogP contribution in [0.5, 0.6) is 0 Å². The van der Waals surface area contributed by atoms with Crippen LogP contribution >= 0.6 is 22.9 Å². The zero-order valence-electron chi connectivity index (χ0n) is 45.1. The molecule has 404 valence electrons. The number of hydrogen-bond acceptors (Lipinski definition) is 11. The lowest BCUT2D eigenvalue weighted by molar-refractivity contribution is -0.144. The second kappa shape index (κ2) is 23.2. The monoisotopic (exact) mass is 1060 g/mol. The number of fused-ring (bicyclic) bond motifs is 1. The van der Waals surface area contributed by atoms with Crippen LogP contribution in [-0.4, -0.2) is 131 Å².